The Bertz CT molecular complexity index is 987. The maximum absolute atomic E-state index is 12.9. The number of carbonyl (C=O) groups is 1. The van der Waals surface area contributed by atoms with E-state index in [0.29, 0.717) is 44.1 Å². The molecule has 2 aliphatic rings. The van der Waals surface area contributed by atoms with Crippen molar-refractivity contribution in [3.8, 4) is 0 Å². The highest BCUT2D eigenvalue weighted by Gasteiger charge is 2.33. The van der Waals surface area contributed by atoms with E-state index in [0.717, 1.165) is 16.9 Å². The van der Waals surface area contributed by atoms with Gasteiger partial charge in [-0.25, -0.2) is 8.42 Å². The first-order chi connectivity index (χ1) is 12.8. The third-order valence-corrected chi connectivity index (χ3v) is 7.45. The lowest BCUT2D eigenvalue weighted by Gasteiger charge is -2.35. The monoisotopic (exact) mass is 390 g/mol. The van der Waals surface area contributed by atoms with Crippen molar-refractivity contribution in [3.05, 3.63) is 35.2 Å². The minimum Gasteiger partial charge on any atom is -0.369 e. The summed E-state index contributed by atoms with van der Waals surface area (Å²) in [6.45, 7) is 5.22. The molecule has 0 spiro atoms. The molecule has 1 aromatic carbocycles. The number of piperazine rings is 1. The van der Waals surface area contributed by atoms with E-state index in [1.54, 1.807) is 25.8 Å². The van der Waals surface area contributed by atoms with Crippen molar-refractivity contribution in [2.75, 3.05) is 43.0 Å². The topological polar surface area (TPSA) is 87.0 Å². The van der Waals surface area contributed by atoms with Crippen LogP contribution in [0.5, 0.6) is 0 Å². The summed E-state index contributed by atoms with van der Waals surface area (Å²) in [5, 5.41) is 3.76. The maximum atomic E-state index is 12.9. The van der Waals surface area contributed by atoms with Crippen LogP contribution in [0.25, 0.3) is 0 Å². The van der Waals surface area contributed by atoms with Gasteiger partial charge in [-0.1, -0.05) is 5.16 Å². The number of likely N-dealkylation sites (N-methyl/N-ethyl adjacent to an activating group) is 1. The molecule has 0 unspecified atom stereocenters. The van der Waals surface area contributed by atoms with Crippen LogP contribution in [-0.4, -0.2) is 57.0 Å². The summed E-state index contributed by atoms with van der Waals surface area (Å²) in [5.74, 6) is 0.417. The first-order valence-corrected chi connectivity index (χ1v) is 10.3. The molecule has 2 aromatic rings. The average Bonchev–Trinajstić information content (AvgIpc) is 3.13. The van der Waals surface area contributed by atoms with Gasteiger partial charge in [0.1, 0.15) is 10.6 Å². The molecule has 0 radical (unpaired) electrons. The van der Waals surface area contributed by atoms with Gasteiger partial charge in [-0.15, -0.1) is 0 Å². The van der Waals surface area contributed by atoms with Crippen molar-refractivity contribution in [1.29, 1.82) is 0 Å². The van der Waals surface area contributed by atoms with Gasteiger partial charge in [0, 0.05) is 44.6 Å². The number of hydrogen-bond donors (Lipinski definition) is 0. The van der Waals surface area contributed by atoms with Crippen LogP contribution in [0.4, 0.5) is 11.4 Å². The van der Waals surface area contributed by atoms with Crippen LogP contribution in [0.2, 0.25) is 0 Å². The molecule has 1 saturated heterocycles. The highest BCUT2D eigenvalue weighted by molar-refractivity contribution is 7.89. The van der Waals surface area contributed by atoms with Gasteiger partial charge in [0.05, 0.1) is 6.42 Å². The molecule has 1 aromatic heterocycles. The molecular weight excluding hydrogens is 368 g/mol. The van der Waals surface area contributed by atoms with Crippen molar-refractivity contribution in [3.63, 3.8) is 0 Å². The molecule has 4 rings (SSSR count). The molecule has 144 valence electrons. The van der Waals surface area contributed by atoms with E-state index in [-0.39, 0.29) is 10.8 Å². The number of amides is 1. The van der Waals surface area contributed by atoms with Crippen LogP contribution in [0.1, 0.15) is 17.0 Å². The molecule has 0 atom stereocenters. The van der Waals surface area contributed by atoms with Crippen molar-refractivity contribution >= 4 is 27.3 Å². The van der Waals surface area contributed by atoms with E-state index in [1.165, 1.54) is 4.31 Å². The summed E-state index contributed by atoms with van der Waals surface area (Å²) in [7, 11) is -1.83. The predicted octanol–water partition coefficient (Wildman–Crippen LogP) is 1.32. The van der Waals surface area contributed by atoms with Crippen molar-refractivity contribution in [1.82, 2.24) is 9.46 Å². The molecule has 0 N–H and O–H groups in total. The van der Waals surface area contributed by atoms with Gasteiger partial charge in [0.2, 0.25) is 15.9 Å². The SMILES string of the molecule is Cc1noc(C)c1S(=O)(=O)N1CCN(c2ccc3c(c2)CC(=O)N3C)CC1. The zero-order valence-corrected chi connectivity index (χ0v) is 16.4. The summed E-state index contributed by atoms with van der Waals surface area (Å²) in [6.07, 6.45) is 0.417. The molecule has 9 heteroatoms. The van der Waals surface area contributed by atoms with Crippen LogP contribution in [-0.2, 0) is 21.2 Å². The third kappa shape index (κ3) is 2.90. The first-order valence-electron chi connectivity index (χ1n) is 8.86. The number of aryl methyl sites for hydroxylation is 2. The molecule has 0 aliphatic carbocycles. The molecule has 3 heterocycles. The summed E-state index contributed by atoms with van der Waals surface area (Å²) < 4.78 is 32.4. The van der Waals surface area contributed by atoms with Gasteiger partial charge < -0.3 is 14.3 Å². The van der Waals surface area contributed by atoms with Gasteiger partial charge in [-0.3, -0.25) is 4.79 Å². The molecule has 0 bridgehead atoms. The molecule has 2 aliphatic heterocycles. The summed E-state index contributed by atoms with van der Waals surface area (Å²) in [5.41, 5.74) is 3.38. The predicted molar refractivity (Wildman–Crippen MR) is 101 cm³/mol. The Kier molecular flexibility index (Phi) is 4.23. The van der Waals surface area contributed by atoms with E-state index in [9.17, 15) is 13.2 Å². The molecular formula is C18H22N4O4S. The number of rotatable bonds is 3. The molecule has 0 saturated carbocycles. The maximum Gasteiger partial charge on any atom is 0.248 e. The van der Waals surface area contributed by atoms with E-state index in [4.69, 9.17) is 4.52 Å². The van der Waals surface area contributed by atoms with Crippen LogP contribution in [0.3, 0.4) is 0 Å². The zero-order chi connectivity index (χ0) is 19.3. The van der Waals surface area contributed by atoms with Gasteiger partial charge >= 0.3 is 0 Å². The Morgan fingerprint density at radius 2 is 1.81 bits per heavy atom. The number of sulfonamides is 1. The van der Waals surface area contributed by atoms with Crippen molar-refractivity contribution in [2.45, 2.75) is 25.2 Å². The number of carbonyl (C=O) groups excluding carboxylic acids is 1. The number of nitrogens with zero attached hydrogens (tertiary/aromatic N) is 4. The second-order valence-corrected chi connectivity index (χ2v) is 8.86. The van der Waals surface area contributed by atoms with Gasteiger partial charge in [0.25, 0.3) is 0 Å². The lowest BCUT2D eigenvalue weighted by atomic mass is 10.1. The fourth-order valence-corrected chi connectivity index (χ4v) is 5.53. The summed E-state index contributed by atoms with van der Waals surface area (Å²) >= 11 is 0. The Morgan fingerprint density at radius 3 is 2.44 bits per heavy atom. The van der Waals surface area contributed by atoms with Crippen molar-refractivity contribution in [2.24, 2.45) is 0 Å². The summed E-state index contributed by atoms with van der Waals surface area (Å²) in [4.78, 5) is 15.9. The lowest BCUT2D eigenvalue weighted by molar-refractivity contribution is -0.117. The standard InChI is InChI=1S/C18H22N4O4S/c1-12-18(13(2)26-19-12)27(24,25)22-8-6-21(7-9-22)15-4-5-16-14(10-15)11-17(23)20(16)3/h4-5,10H,6-9,11H2,1-3H3. The fraction of sp³-hybridized carbons (Fsp3) is 0.444. The summed E-state index contributed by atoms with van der Waals surface area (Å²) in [6, 6.07) is 5.99. The molecule has 1 amide bonds. The number of hydrogen-bond acceptors (Lipinski definition) is 6. The van der Waals surface area contributed by atoms with E-state index >= 15 is 0 Å². The number of benzene rings is 1. The number of fused-ring (bicyclic) bond motifs is 1. The first kappa shape index (κ1) is 18.0. The third-order valence-electron chi connectivity index (χ3n) is 5.31. The van der Waals surface area contributed by atoms with Crippen LogP contribution in [0.15, 0.2) is 27.6 Å². The smallest absolute Gasteiger partial charge is 0.248 e. The molecule has 27 heavy (non-hydrogen) atoms. The molecule has 1 fully saturated rings. The normalized spacial score (nSPS) is 18.3. The highest BCUT2D eigenvalue weighted by atomic mass is 32.2. The van der Waals surface area contributed by atoms with Crippen LogP contribution >= 0.6 is 0 Å². The highest BCUT2D eigenvalue weighted by Crippen LogP contribution is 2.32. The van der Waals surface area contributed by atoms with Gasteiger partial charge in [-0.2, -0.15) is 4.31 Å². The Hall–Kier alpha value is -2.39. The Balaban J connectivity index is 1.50. The Morgan fingerprint density at radius 1 is 1.11 bits per heavy atom. The largest absolute Gasteiger partial charge is 0.369 e. The minimum atomic E-state index is -3.61. The van der Waals surface area contributed by atoms with Crippen LogP contribution in [0, 0.1) is 13.8 Å². The van der Waals surface area contributed by atoms with E-state index < -0.39 is 10.0 Å². The van der Waals surface area contributed by atoms with Crippen molar-refractivity contribution < 1.29 is 17.7 Å². The minimum absolute atomic E-state index is 0.0949. The zero-order valence-electron chi connectivity index (χ0n) is 15.6. The fourth-order valence-electron chi connectivity index (χ4n) is 3.81. The van der Waals surface area contributed by atoms with Crippen LogP contribution < -0.4 is 9.80 Å². The molecule has 8 nitrogen and oxygen atoms in total. The van der Waals surface area contributed by atoms with Gasteiger partial charge in [0.15, 0.2) is 5.76 Å². The lowest BCUT2D eigenvalue weighted by Crippen LogP contribution is -2.48. The number of aromatic nitrogens is 1. The Labute approximate surface area is 158 Å². The number of anilines is 2. The van der Waals surface area contributed by atoms with Gasteiger partial charge in [-0.05, 0) is 37.6 Å². The second-order valence-electron chi connectivity index (χ2n) is 6.99. The van der Waals surface area contributed by atoms with E-state index in [2.05, 4.69) is 10.1 Å². The van der Waals surface area contributed by atoms with E-state index in [1.807, 2.05) is 18.2 Å². The quantitative estimate of drug-likeness (QED) is 0.786. The second kappa shape index (κ2) is 6.35. The average molecular weight is 390 g/mol.